The van der Waals surface area contributed by atoms with Crippen LogP contribution in [0.5, 0.6) is 5.75 Å². The van der Waals surface area contributed by atoms with Crippen molar-refractivity contribution in [2.24, 2.45) is 0 Å². The molecule has 136 valence electrons. The van der Waals surface area contributed by atoms with Crippen LogP contribution < -0.4 is 10.1 Å². The Kier molecular flexibility index (Phi) is 5.64. The highest BCUT2D eigenvalue weighted by Gasteiger charge is 2.11. The van der Waals surface area contributed by atoms with Crippen LogP contribution in [0.1, 0.15) is 11.1 Å². The lowest BCUT2D eigenvalue weighted by Gasteiger charge is -2.06. The first-order chi connectivity index (χ1) is 13.0. The maximum Gasteiger partial charge on any atom is 0.344 e. The molecule has 27 heavy (non-hydrogen) atoms. The monoisotopic (exact) mass is 381 g/mol. The molecule has 1 amide bonds. The number of hydrogen-bond acceptors (Lipinski definition) is 7. The molecule has 7 nitrogen and oxygen atoms in total. The molecule has 0 fully saturated rings. The van der Waals surface area contributed by atoms with E-state index in [9.17, 15) is 9.59 Å². The van der Waals surface area contributed by atoms with E-state index in [0.717, 1.165) is 15.8 Å². The molecule has 1 aromatic heterocycles. The summed E-state index contributed by atoms with van der Waals surface area (Å²) in [5.74, 6) is -0.716. The summed E-state index contributed by atoms with van der Waals surface area (Å²) in [5.41, 5.74) is 2.40. The van der Waals surface area contributed by atoms with E-state index in [4.69, 9.17) is 14.7 Å². The normalized spacial score (nSPS) is 10.2. The fourth-order valence-electron chi connectivity index (χ4n) is 2.20. The summed E-state index contributed by atoms with van der Waals surface area (Å²) in [4.78, 5) is 27.9. The second-order valence-electron chi connectivity index (χ2n) is 5.62. The summed E-state index contributed by atoms with van der Waals surface area (Å²) in [5, 5.41) is 11.8. The Morgan fingerprint density at radius 1 is 1.19 bits per heavy atom. The number of fused-ring (bicyclic) bond motifs is 1. The van der Waals surface area contributed by atoms with E-state index in [0.29, 0.717) is 16.4 Å². The first-order valence-electron chi connectivity index (χ1n) is 7.99. The van der Waals surface area contributed by atoms with Gasteiger partial charge < -0.3 is 9.47 Å². The quantitative estimate of drug-likeness (QED) is 0.659. The summed E-state index contributed by atoms with van der Waals surface area (Å²) in [6, 6.07) is 14.1. The van der Waals surface area contributed by atoms with Crippen molar-refractivity contribution in [1.82, 2.24) is 4.98 Å². The molecule has 2 aromatic carbocycles. The van der Waals surface area contributed by atoms with Crippen molar-refractivity contribution in [2.75, 3.05) is 18.5 Å². The Hall–Kier alpha value is -3.44. The highest BCUT2D eigenvalue weighted by molar-refractivity contribution is 7.22. The third kappa shape index (κ3) is 5.03. The minimum Gasteiger partial charge on any atom is -0.482 e. The van der Waals surface area contributed by atoms with Crippen LogP contribution in [0.4, 0.5) is 5.13 Å². The molecule has 0 bridgehead atoms. The van der Waals surface area contributed by atoms with Gasteiger partial charge in [0.15, 0.2) is 18.3 Å². The lowest BCUT2D eigenvalue weighted by Crippen LogP contribution is -2.23. The number of nitrogens with one attached hydrogen (secondary N) is 1. The topological polar surface area (TPSA) is 101 Å². The number of nitriles is 1. The third-order valence-electron chi connectivity index (χ3n) is 3.49. The van der Waals surface area contributed by atoms with Gasteiger partial charge in [0.25, 0.3) is 5.91 Å². The van der Waals surface area contributed by atoms with E-state index < -0.39 is 18.5 Å². The van der Waals surface area contributed by atoms with Crippen molar-refractivity contribution < 1.29 is 19.1 Å². The van der Waals surface area contributed by atoms with Crippen LogP contribution in [-0.4, -0.2) is 30.1 Å². The number of hydrogen-bond donors (Lipinski definition) is 1. The van der Waals surface area contributed by atoms with Gasteiger partial charge in [-0.1, -0.05) is 17.4 Å². The second kappa shape index (κ2) is 8.29. The molecule has 0 radical (unpaired) electrons. The van der Waals surface area contributed by atoms with Gasteiger partial charge in [0.2, 0.25) is 0 Å². The molecule has 0 atom stereocenters. The zero-order valence-electron chi connectivity index (χ0n) is 14.4. The number of benzene rings is 2. The maximum absolute atomic E-state index is 11.9. The molecular formula is C19H15N3O4S. The van der Waals surface area contributed by atoms with E-state index in [2.05, 4.69) is 10.3 Å². The number of esters is 1. The van der Waals surface area contributed by atoms with Crippen molar-refractivity contribution >= 4 is 38.6 Å². The molecule has 1 N–H and O–H groups in total. The number of amides is 1. The summed E-state index contributed by atoms with van der Waals surface area (Å²) < 4.78 is 11.1. The molecule has 0 aliphatic heterocycles. The zero-order valence-corrected chi connectivity index (χ0v) is 15.2. The highest BCUT2D eigenvalue weighted by Crippen LogP contribution is 2.26. The van der Waals surface area contributed by atoms with Crippen molar-refractivity contribution in [3.8, 4) is 11.8 Å². The highest BCUT2D eigenvalue weighted by atomic mass is 32.1. The van der Waals surface area contributed by atoms with Crippen LogP contribution in [-0.2, 0) is 14.3 Å². The molecule has 0 spiro atoms. The SMILES string of the molecule is Cc1ccc2nc(NC(=O)COC(=O)COc3ccc(C#N)cc3)sc2c1. The Morgan fingerprint density at radius 2 is 1.96 bits per heavy atom. The molecule has 8 heteroatoms. The number of aromatic nitrogens is 1. The van der Waals surface area contributed by atoms with E-state index in [1.54, 1.807) is 24.3 Å². The Bertz CT molecular complexity index is 1020. The number of rotatable bonds is 6. The average Bonchev–Trinajstić information content (AvgIpc) is 3.06. The van der Waals surface area contributed by atoms with Gasteiger partial charge in [-0.25, -0.2) is 9.78 Å². The smallest absolute Gasteiger partial charge is 0.344 e. The molecule has 0 unspecified atom stereocenters. The first kappa shape index (κ1) is 18.4. The van der Waals surface area contributed by atoms with Gasteiger partial charge in [-0.15, -0.1) is 0 Å². The molecule has 3 rings (SSSR count). The number of thiazole rings is 1. The molecule has 0 saturated carbocycles. The Morgan fingerprint density at radius 3 is 2.70 bits per heavy atom. The lowest BCUT2D eigenvalue weighted by molar-refractivity contribution is -0.149. The van der Waals surface area contributed by atoms with Crippen molar-refractivity contribution in [1.29, 1.82) is 5.26 Å². The predicted octanol–water partition coefficient (Wildman–Crippen LogP) is 3.04. The van der Waals surface area contributed by atoms with Crippen molar-refractivity contribution in [3.63, 3.8) is 0 Å². The molecule has 0 saturated heterocycles. The summed E-state index contributed by atoms with van der Waals surface area (Å²) >= 11 is 1.35. The van der Waals surface area contributed by atoms with Gasteiger partial charge in [-0.3, -0.25) is 10.1 Å². The fourth-order valence-corrected chi connectivity index (χ4v) is 3.18. The zero-order chi connectivity index (χ0) is 19.2. The molecule has 3 aromatic rings. The second-order valence-corrected chi connectivity index (χ2v) is 6.65. The van der Waals surface area contributed by atoms with E-state index in [-0.39, 0.29) is 6.61 Å². The van der Waals surface area contributed by atoms with Gasteiger partial charge in [0, 0.05) is 0 Å². The van der Waals surface area contributed by atoms with Crippen LogP contribution in [0.15, 0.2) is 42.5 Å². The van der Waals surface area contributed by atoms with Crippen molar-refractivity contribution in [3.05, 3.63) is 53.6 Å². The van der Waals surface area contributed by atoms with Gasteiger partial charge >= 0.3 is 5.97 Å². The molecule has 1 heterocycles. The van der Waals surface area contributed by atoms with Crippen LogP contribution >= 0.6 is 11.3 Å². The van der Waals surface area contributed by atoms with Gasteiger partial charge in [0.1, 0.15) is 5.75 Å². The fraction of sp³-hybridized carbons (Fsp3) is 0.158. The summed E-state index contributed by atoms with van der Waals surface area (Å²) in [7, 11) is 0. The molecule has 0 aliphatic rings. The number of carbonyl (C=O) groups is 2. The maximum atomic E-state index is 11.9. The number of nitrogens with zero attached hydrogens (tertiary/aromatic N) is 2. The van der Waals surface area contributed by atoms with Crippen molar-refractivity contribution in [2.45, 2.75) is 6.92 Å². The molecule has 0 aliphatic carbocycles. The number of anilines is 1. The predicted molar refractivity (Wildman–Crippen MR) is 101 cm³/mol. The Balaban J connectivity index is 1.44. The van der Waals surface area contributed by atoms with Gasteiger partial charge in [-0.2, -0.15) is 5.26 Å². The van der Waals surface area contributed by atoms with Gasteiger partial charge in [0.05, 0.1) is 21.8 Å². The number of aryl methyl sites for hydroxylation is 1. The van der Waals surface area contributed by atoms with Gasteiger partial charge in [-0.05, 0) is 48.9 Å². The number of ether oxygens (including phenoxy) is 2. The van der Waals surface area contributed by atoms with Crippen LogP contribution in [0.2, 0.25) is 0 Å². The third-order valence-corrected chi connectivity index (χ3v) is 4.43. The minimum atomic E-state index is -0.672. The largest absolute Gasteiger partial charge is 0.482 e. The average molecular weight is 381 g/mol. The van der Waals surface area contributed by atoms with E-state index >= 15 is 0 Å². The Labute approximate surface area is 159 Å². The van der Waals surface area contributed by atoms with Crippen LogP contribution in [0.3, 0.4) is 0 Å². The number of carbonyl (C=O) groups excluding carboxylic acids is 2. The van der Waals surface area contributed by atoms with Crippen LogP contribution in [0, 0.1) is 18.3 Å². The van der Waals surface area contributed by atoms with E-state index in [1.807, 2.05) is 31.2 Å². The first-order valence-corrected chi connectivity index (χ1v) is 8.81. The summed E-state index contributed by atoms with van der Waals surface area (Å²) in [6.07, 6.45) is 0. The van der Waals surface area contributed by atoms with Crippen LogP contribution in [0.25, 0.3) is 10.2 Å². The lowest BCUT2D eigenvalue weighted by atomic mass is 10.2. The molecular weight excluding hydrogens is 366 g/mol. The summed E-state index contributed by atoms with van der Waals surface area (Å²) in [6.45, 7) is 1.22. The van der Waals surface area contributed by atoms with E-state index in [1.165, 1.54) is 11.3 Å². The minimum absolute atomic E-state index is 0.334. The standard InChI is InChI=1S/C19H15N3O4S/c1-12-2-7-15-16(8-12)27-19(21-15)22-17(23)10-26-18(24)11-25-14-5-3-13(9-20)4-6-14/h2-8H,10-11H2,1H3,(H,21,22,23).